The number of amides is 1. The Labute approximate surface area is 198 Å². The lowest BCUT2D eigenvalue weighted by atomic mass is 10.1. The van der Waals surface area contributed by atoms with Crippen LogP contribution in [0, 0.1) is 12.8 Å². The fraction of sp³-hybridized carbons (Fsp3) is 0.360. The number of rotatable bonds is 10. The summed E-state index contributed by atoms with van der Waals surface area (Å²) in [7, 11) is 0. The molecule has 1 atom stereocenters. The highest BCUT2D eigenvalue weighted by molar-refractivity contribution is 5.77. The third-order valence-electron chi connectivity index (χ3n) is 5.12. The molecule has 1 heterocycles. The van der Waals surface area contributed by atoms with Gasteiger partial charge in [-0.3, -0.25) is 9.69 Å². The van der Waals surface area contributed by atoms with Crippen molar-refractivity contribution in [2.24, 2.45) is 5.92 Å². The van der Waals surface area contributed by atoms with Crippen LogP contribution in [0.3, 0.4) is 0 Å². The molecule has 2 aromatic carbocycles. The average Bonchev–Trinajstić information content (AvgIpc) is 3.28. The van der Waals surface area contributed by atoms with Crippen molar-refractivity contribution in [3.63, 3.8) is 0 Å². The highest BCUT2D eigenvalue weighted by Crippen LogP contribution is 2.25. The molecule has 9 nitrogen and oxygen atoms in total. The van der Waals surface area contributed by atoms with Gasteiger partial charge in [0.2, 0.25) is 5.82 Å². The molecule has 1 amide bonds. The molecule has 0 aliphatic rings. The molecule has 180 valence electrons. The molecule has 0 spiro atoms. The van der Waals surface area contributed by atoms with Crippen LogP contribution in [0.4, 0.5) is 4.79 Å². The van der Waals surface area contributed by atoms with E-state index in [1.165, 1.54) is 4.90 Å². The number of aromatic nitrogens is 2. The minimum absolute atomic E-state index is 0.122. The van der Waals surface area contributed by atoms with Gasteiger partial charge in [0.15, 0.2) is 6.61 Å². The molecule has 0 radical (unpaired) electrons. The Balaban J connectivity index is 1.63. The monoisotopic (exact) mass is 467 g/mol. The number of aliphatic carboxylic acids is 1. The standard InChI is InChI=1S/C25H29N3O6/c1-16(2)14-33-25(31)28(13-23(29)30)18(4)19-9-11-20(12-10-19)32-15-22-26-24(34-27-22)21-8-6-5-7-17(21)3/h5-12,16,18H,13-15H2,1-4H3,(H,29,30). The van der Waals surface area contributed by atoms with Gasteiger partial charge in [-0.05, 0) is 49.1 Å². The lowest BCUT2D eigenvalue weighted by Crippen LogP contribution is -2.38. The van der Waals surface area contributed by atoms with Gasteiger partial charge in [0.05, 0.1) is 12.6 Å². The van der Waals surface area contributed by atoms with Crippen molar-refractivity contribution in [2.45, 2.75) is 40.3 Å². The van der Waals surface area contributed by atoms with Gasteiger partial charge >= 0.3 is 12.1 Å². The molecular formula is C25H29N3O6. The number of carbonyl (C=O) groups is 2. The average molecular weight is 468 g/mol. The first kappa shape index (κ1) is 24.8. The summed E-state index contributed by atoms with van der Waals surface area (Å²) in [6.45, 7) is 7.43. The Kier molecular flexibility index (Phi) is 8.24. The van der Waals surface area contributed by atoms with Crippen LogP contribution in [0.1, 0.15) is 43.8 Å². The Hall–Kier alpha value is -3.88. The molecule has 0 bridgehead atoms. The third kappa shape index (κ3) is 6.57. The lowest BCUT2D eigenvalue weighted by Gasteiger charge is -2.27. The van der Waals surface area contributed by atoms with Crippen LogP contribution in [-0.4, -0.2) is 45.4 Å². The molecule has 0 aliphatic carbocycles. The molecule has 0 saturated carbocycles. The van der Waals surface area contributed by atoms with Crippen LogP contribution < -0.4 is 4.74 Å². The van der Waals surface area contributed by atoms with Crippen molar-refractivity contribution in [3.05, 3.63) is 65.5 Å². The molecular weight excluding hydrogens is 438 g/mol. The fourth-order valence-electron chi connectivity index (χ4n) is 3.23. The second kappa shape index (κ2) is 11.3. The fourth-order valence-corrected chi connectivity index (χ4v) is 3.23. The molecule has 1 aromatic heterocycles. The largest absolute Gasteiger partial charge is 0.485 e. The third-order valence-corrected chi connectivity index (χ3v) is 5.12. The molecule has 0 saturated heterocycles. The zero-order valence-corrected chi connectivity index (χ0v) is 19.7. The van der Waals surface area contributed by atoms with Crippen LogP contribution in [0.5, 0.6) is 5.75 Å². The normalized spacial score (nSPS) is 11.8. The Morgan fingerprint density at radius 2 is 1.79 bits per heavy atom. The van der Waals surface area contributed by atoms with Crippen molar-refractivity contribution in [1.29, 1.82) is 0 Å². The smallest absolute Gasteiger partial charge is 0.410 e. The van der Waals surface area contributed by atoms with Crippen LogP contribution in [0.25, 0.3) is 11.5 Å². The first-order valence-electron chi connectivity index (χ1n) is 11.0. The summed E-state index contributed by atoms with van der Waals surface area (Å²) in [6.07, 6.45) is -0.662. The number of hydrogen-bond acceptors (Lipinski definition) is 7. The van der Waals surface area contributed by atoms with Gasteiger partial charge in [-0.25, -0.2) is 4.79 Å². The van der Waals surface area contributed by atoms with Gasteiger partial charge in [-0.15, -0.1) is 0 Å². The van der Waals surface area contributed by atoms with Crippen LogP contribution >= 0.6 is 0 Å². The molecule has 0 aliphatic heterocycles. The molecule has 1 N–H and O–H groups in total. The van der Waals surface area contributed by atoms with Gasteiger partial charge < -0.3 is 19.1 Å². The van der Waals surface area contributed by atoms with Crippen molar-refractivity contribution in [3.8, 4) is 17.2 Å². The number of ether oxygens (including phenoxy) is 2. The summed E-state index contributed by atoms with van der Waals surface area (Å²) in [5.74, 6) is 0.457. The molecule has 0 fully saturated rings. The van der Waals surface area contributed by atoms with E-state index in [-0.39, 0.29) is 19.1 Å². The van der Waals surface area contributed by atoms with Gasteiger partial charge in [0.1, 0.15) is 12.3 Å². The van der Waals surface area contributed by atoms with E-state index in [0.717, 1.165) is 16.7 Å². The van der Waals surface area contributed by atoms with Crippen molar-refractivity contribution < 1.29 is 28.7 Å². The highest BCUT2D eigenvalue weighted by atomic mass is 16.6. The number of nitrogens with zero attached hydrogens (tertiary/aromatic N) is 3. The summed E-state index contributed by atoms with van der Waals surface area (Å²) >= 11 is 0. The summed E-state index contributed by atoms with van der Waals surface area (Å²) in [4.78, 5) is 29.3. The minimum Gasteiger partial charge on any atom is -0.485 e. The Bertz CT molecular complexity index is 1110. The summed E-state index contributed by atoms with van der Waals surface area (Å²) in [5, 5.41) is 13.2. The molecule has 1 unspecified atom stereocenters. The van der Waals surface area contributed by atoms with E-state index in [1.54, 1.807) is 31.2 Å². The van der Waals surface area contributed by atoms with Gasteiger partial charge in [-0.2, -0.15) is 4.98 Å². The topological polar surface area (TPSA) is 115 Å². The lowest BCUT2D eigenvalue weighted by molar-refractivity contribution is -0.138. The number of benzene rings is 2. The number of carboxylic acids is 1. The molecule has 3 rings (SSSR count). The minimum atomic E-state index is -1.11. The summed E-state index contributed by atoms with van der Waals surface area (Å²) < 4.78 is 16.3. The maximum atomic E-state index is 12.4. The van der Waals surface area contributed by atoms with E-state index >= 15 is 0 Å². The van der Waals surface area contributed by atoms with Gasteiger partial charge in [0.25, 0.3) is 5.89 Å². The number of carbonyl (C=O) groups excluding carboxylic acids is 1. The van der Waals surface area contributed by atoms with E-state index in [1.807, 2.05) is 45.0 Å². The summed E-state index contributed by atoms with van der Waals surface area (Å²) in [5.41, 5.74) is 2.65. The van der Waals surface area contributed by atoms with Crippen LogP contribution in [0.2, 0.25) is 0 Å². The van der Waals surface area contributed by atoms with Crippen molar-refractivity contribution in [2.75, 3.05) is 13.2 Å². The maximum Gasteiger partial charge on any atom is 0.410 e. The van der Waals surface area contributed by atoms with Gasteiger partial charge in [0, 0.05) is 5.56 Å². The SMILES string of the molecule is Cc1ccccc1-c1nc(COc2ccc(C(C)N(CC(=O)O)C(=O)OCC(C)C)cc2)no1. The van der Waals surface area contributed by atoms with Crippen molar-refractivity contribution >= 4 is 12.1 Å². The Morgan fingerprint density at radius 1 is 1.09 bits per heavy atom. The zero-order chi connectivity index (χ0) is 24.7. The number of aryl methyl sites for hydroxylation is 1. The van der Waals surface area contributed by atoms with Crippen LogP contribution in [-0.2, 0) is 16.1 Å². The number of carboxylic acid groups (broad SMARTS) is 1. The van der Waals surface area contributed by atoms with Crippen molar-refractivity contribution in [1.82, 2.24) is 15.0 Å². The second-order valence-electron chi connectivity index (χ2n) is 8.36. The maximum absolute atomic E-state index is 12.4. The predicted molar refractivity (Wildman–Crippen MR) is 124 cm³/mol. The van der Waals surface area contributed by atoms with E-state index in [9.17, 15) is 14.7 Å². The predicted octanol–water partition coefficient (Wildman–Crippen LogP) is 4.86. The zero-order valence-electron chi connectivity index (χ0n) is 19.7. The quantitative estimate of drug-likeness (QED) is 0.449. The molecule has 9 heteroatoms. The van der Waals surface area contributed by atoms with E-state index in [0.29, 0.717) is 17.5 Å². The van der Waals surface area contributed by atoms with E-state index < -0.39 is 24.6 Å². The van der Waals surface area contributed by atoms with Crippen LogP contribution in [0.15, 0.2) is 53.1 Å². The summed E-state index contributed by atoms with van der Waals surface area (Å²) in [6, 6.07) is 14.3. The highest BCUT2D eigenvalue weighted by Gasteiger charge is 2.25. The van der Waals surface area contributed by atoms with E-state index in [2.05, 4.69) is 10.1 Å². The van der Waals surface area contributed by atoms with Gasteiger partial charge in [-0.1, -0.05) is 49.3 Å². The first-order valence-corrected chi connectivity index (χ1v) is 11.0. The molecule has 3 aromatic rings. The Morgan fingerprint density at radius 3 is 2.44 bits per heavy atom. The van der Waals surface area contributed by atoms with E-state index in [4.69, 9.17) is 14.0 Å². The second-order valence-corrected chi connectivity index (χ2v) is 8.36. The number of hydrogen-bond donors (Lipinski definition) is 1. The first-order chi connectivity index (χ1) is 16.2. The molecule has 34 heavy (non-hydrogen) atoms.